The minimum Gasteiger partial charge on any atom is -0.497 e. The van der Waals surface area contributed by atoms with Gasteiger partial charge in [0.15, 0.2) is 28.3 Å². The zero-order valence-electron chi connectivity index (χ0n) is 20.6. The molecular formula is C26H31N3O5S. The summed E-state index contributed by atoms with van der Waals surface area (Å²) in [4.78, 5) is 12.9. The van der Waals surface area contributed by atoms with Crippen molar-refractivity contribution in [1.29, 1.82) is 0 Å². The highest BCUT2D eigenvalue weighted by Crippen LogP contribution is 2.43. The summed E-state index contributed by atoms with van der Waals surface area (Å²) in [7, 11) is 6.37. The molecule has 35 heavy (non-hydrogen) atoms. The molecule has 4 rings (SSSR count). The first-order chi connectivity index (χ1) is 17.1. The van der Waals surface area contributed by atoms with E-state index in [2.05, 4.69) is 14.8 Å². The normalized spacial score (nSPS) is 13.9. The van der Waals surface area contributed by atoms with Crippen molar-refractivity contribution >= 4 is 17.5 Å². The minimum absolute atomic E-state index is 0.0152. The van der Waals surface area contributed by atoms with E-state index in [4.69, 9.17) is 18.9 Å². The highest BCUT2D eigenvalue weighted by molar-refractivity contribution is 7.99. The fourth-order valence-electron chi connectivity index (χ4n) is 4.46. The van der Waals surface area contributed by atoms with Crippen LogP contribution in [0.2, 0.25) is 0 Å². The van der Waals surface area contributed by atoms with E-state index in [1.54, 1.807) is 40.6 Å². The molecule has 8 nitrogen and oxygen atoms in total. The largest absolute Gasteiger partial charge is 0.497 e. The zero-order chi connectivity index (χ0) is 24.8. The quantitative estimate of drug-likeness (QED) is 0.270. The number of aromatic nitrogens is 3. The molecule has 186 valence electrons. The monoisotopic (exact) mass is 497 g/mol. The van der Waals surface area contributed by atoms with Crippen LogP contribution in [0.3, 0.4) is 0 Å². The van der Waals surface area contributed by atoms with E-state index in [9.17, 15) is 4.79 Å². The zero-order valence-corrected chi connectivity index (χ0v) is 21.4. The van der Waals surface area contributed by atoms with Gasteiger partial charge in [-0.3, -0.25) is 9.36 Å². The first-order valence-electron chi connectivity index (χ1n) is 11.6. The van der Waals surface area contributed by atoms with Gasteiger partial charge in [-0.1, -0.05) is 43.2 Å². The number of methoxy groups -OCH3 is 4. The van der Waals surface area contributed by atoms with Crippen LogP contribution in [0.4, 0.5) is 0 Å². The van der Waals surface area contributed by atoms with Gasteiger partial charge in [-0.05, 0) is 37.1 Å². The summed E-state index contributed by atoms with van der Waals surface area (Å²) >= 11 is 1.41. The second-order valence-electron chi connectivity index (χ2n) is 8.33. The SMILES string of the molecule is COc1cccc(C(=O)CSc2nnc(-c3cc(OC)c(OC)c(OC)c3)n2C2CCCCC2)c1. The molecule has 0 atom stereocenters. The van der Waals surface area contributed by atoms with E-state index >= 15 is 0 Å². The van der Waals surface area contributed by atoms with Crippen LogP contribution in [0, 0.1) is 0 Å². The Hall–Kier alpha value is -3.20. The number of rotatable bonds is 10. The topological polar surface area (TPSA) is 84.7 Å². The van der Waals surface area contributed by atoms with Crippen LogP contribution in [0.5, 0.6) is 23.0 Å². The van der Waals surface area contributed by atoms with Crippen LogP contribution in [0.1, 0.15) is 48.5 Å². The molecule has 0 spiro atoms. The van der Waals surface area contributed by atoms with Gasteiger partial charge in [-0.15, -0.1) is 10.2 Å². The molecule has 0 saturated heterocycles. The summed E-state index contributed by atoms with van der Waals surface area (Å²) in [6, 6.07) is 11.3. The van der Waals surface area contributed by atoms with Crippen molar-refractivity contribution in [3.63, 3.8) is 0 Å². The van der Waals surface area contributed by atoms with E-state index in [0.29, 0.717) is 28.6 Å². The summed E-state index contributed by atoms with van der Waals surface area (Å²) in [5.41, 5.74) is 1.44. The predicted octanol–water partition coefficient (Wildman–Crippen LogP) is 5.46. The van der Waals surface area contributed by atoms with E-state index in [-0.39, 0.29) is 17.6 Å². The molecule has 1 saturated carbocycles. The lowest BCUT2D eigenvalue weighted by Crippen LogP contribution is -2.15. The van der Waals surface area contributed by atoms with Crippen LogP contribution < -0.4 is 18.9 Å². The number of hydrogen-bond acceptors (Lipinski definition) is 8. The van der Waals surface area contributed by atoms with Gasteiger partial charge in [-0.25, -0.2) is 0 Å². The maximum atomic E-state index is 12.9. The number of carbonyl (C=O) groups is 1. The van der Waals surface area contributed by atoms with Gasteiger partial charge in [0.1, 0.15) is 5.75 Å². The van der Waals surface area contributed by atoms with Crippen molar-refractivity contribution in [2.24, 2.45) is 0 Å². The number of Topliss-reactive ketones (excluding diaryl/α,β-unsaturated/α-hetero) is 1. The first kappa shape index (κ1) is 24.9. The molecule has 0 radical (unpaired) electrons. The summed E-state index contributed by atoms with van der Waals surface area (Å²) in [6.45, 7) is 0. The van der Waals surface area contributed by atoms with Gasteiger partial charge >= 0.3 is 0 Å². The predicted molar refractivity (Wildman–Crippen MR) is 135 cm³/mol. The number of hydrogen-bond donors (Lipinski definition) is 0. The van der Waals surface area contributed by atoms with Gasteiger partial charge in [0.2, 0.25) is 5.75 Å². The molecule has 0 amide bonds. The third-order valence-corrected chi connectivity index (χ3v) is 7.19. The summed E-state index contributed by atoms with van der Waals surface area (Å²) in [5.74, 6) is 3.31. The van der Waals surface area contributed by atoms with E-state index < -0.39 is 0 Å². The molecule has 1 aliphatic rings. The van der Waals surface area contributed by atoms with Gasteiger partial charge < -0.3 is 18.9 Å². The van der Waals surface area contributed by atoms with Crippen LogP contribution in [-0.4, -0.2) is 54.7 Å². The van der Waals surface area contributed by atoms with Crippen LogP contribution >= 0.6 is 11.8 Å². The Kier molecular flexibility index (Phi) is 8.17. The Morgan fingerprint density at radius 1 is 0.943 bits per heavy atom. The third-order valence-electron chi connectivity index (χ3n) is 6.25. The lowest BCUT2D eigenvalue weighted by Gasteiger charge is -2.26. The Morgan fingerprint density at radius 3 is 2.29 bits per heavy atom. The summed E-state index contributed by atoms with van der Waals surface area (Å²) in [5, 5.41) is 9.79. The number of ether oxygens (including phenoxy) is 4. The van der Waals surface area contributed by atoms with Crippen LogP contribution in [0.25, 0.3) is 11.4 Å². The maximum absolute atomic E-state index is 12.9. The molecule has 0 N–H and O–H groups in total. The molecule has 0 aliphatic heterocycles. The van der Waals surface area contributed by atoms with Crippen molar-refractivity contribution in [3.8, 4) is 34.4 Å². The number of nitrogens with zero attached hydrogens (tertiary/aromatic N) is 3. The smallest absolute Gasteiger partial charge is 0.203 e. The van der Waals surface area contributed by atoms with Crippen molar-refractivity contribution in [1.82, 2.24) is 14.8 Å². The fourth-order valence-corrected chi connectivity index (χ4v) is 5.36. The second-order valence-corrected chi connectivity index (χ2v) is 9.27. The second kappa shape index (κ2) is 11.5. The Balaban J connectivity index is 1.68. The van der Waals surface area contributed by atoms with Crippen molar-refractivity contribution in [2.45, 2.75) is 43.3 Å². The van der Waals surface area contributed by atoms with E-state index in [1.165, 1.54) is 18.2 Å². The molecule has 1 aliphatic carbocycles. The summed E-state index contributed by atoms with van der Waals surface area (Å²) in [6.07, 6.45) is 5.64. The van der Waals surface area contributed by atoms with Gasteiger partial charge in [0.05, 0.1) is 34.2 Å². The molecule has 1 heterocycles. The maximum Gasteiger partial charge on any atom is 0.203 e. The van der Waals surface area contributed by atoms with Crippen molar-refractivity contribution in [2.75, 3.05) is 34.2 Å². The van der Waals surface area contributed by atoms with Gasteiger partial charge in [0.25, 0.3) is 0 Å². The molecular weight excluding hydrogens is 466 g/mol. The Labute approximate surface area is 209 Å². The molecule has 0 unspecified atom stereocenters. The van der Waals surface area contributed by atoms with Crippen LogP contribution in [-0.2, 0) is 0 Å². The third kappa shape index (κ3) is 5.40. The Bertz CT molecular complexity index is 1150. The molecule has 2 aromatic carbocycles. The van der Waals surface area contributed by atoms with E-state index in [1.807, 2.05) is 24.3 Å². The standard InChI is InChI=1S/C26H31N3O5S/c1-31-20-12-8-9-17(13-20)21(30)16-35-26-28-27-25(29(26)19-10-6-5-7-11-19)18-14-22(32-2)24(34-4)23(15-18)33-3/h8-9,12-15,19H,5-7,10-11,16H2,1-4H3. The number of carbonyl (C=O) groups excluding carboxylic acids is 1. The minimum atomic E-state index is 0.0152. The average Bonchev–Trinajstić information content (AvgIpc) is 3.35. The molecule has 1 aromatic heterocycles. The molecule has 0 bridgehead atoms. The Morgan fingerprint density at radius 2 is 1.66 bits per heavy atom. The lowest BCUT2D eigenvalue weighted by molar-refractivity contribution is 0.102. The first-order valence-corrected chi connectivity index (χ1v) is 12.6. The highest BCUT2D eigenvalue weighted by Gasteiger charge is 2.26. The number of ketones is 1. The van der Waals surface area contributed by atoms with Gasteiger partial charge in [-0.2, -0.15) is 0 Å². The van der Waals surface area contributed by atoms with Crippen molar-refractivity contribution in [3.05, 3.63) is 42.0 Å². The molecule has 9 heteroatoms. The highest BCUT2D eigenvalue weighted by atomic mass is 32.2. The number of benzene rings is 2. The van der Waals surface area contributed by atoms with Crippen molar-refractivity contribution < 1.29 is 23.7 Å². The number of thioether (sulfide) groups is 1. The average molecular weight is 498 g/mol. The van der Waals surface area contributed by atoms with E-state index in [0.717, 1.165) is 42.2 Å². The van der Waals surface area contributed by atoms with Crippen LogP contribution in [0.15, 0.2) is 41.6 Å². The fraction of sp³-hybridized carbons (Fsp3) is 0.423. The molecule has 3 aromatic rings. The summed E-state index contributed by atoms with van der Waals surface area (Å²) < 4.78 is 24.0. The molecule has 1 fully saturated rings. The van der Waals surface area contributed by atoms with Gasteiger partial charge in [0, 0.05) is 17.2 Å². The lowest BCUT2D eigenvalue weighted by atomic mass is 9.95.